The molecule has 0 spiro atoms. The Morgan fingerprint density at radius 1 is 1.53 bits per heavy atom. The van der Waals surface area contributed by atoms with E-state index >= 15 is 0 Å². The van der Waals surface area contributed by atoms with Gasteiger partial charge in [0.15, 0.2) is 12.1 Å². The first-order chi connectivity index (χ1) is 7.15. The molecular weight excluding hydrogens is 216 g/mol. The SMILES string of the molecule is COc1ccc(C)c(C=O)c1C(=O)CCl. The second-order valence-corrected chi connectivity index (χ2v) is 3.32. The van der Waals surface area contributed by atoms with Crippen LogP contribution in [-0.2, 0) is 0 Å². The third kappa shape index (κ3) is 2.18. The van der Waals surface area contributed by atoms with Crippen molar-refractivity contribution in [2.24, 2.45) is 0 Å². The van der Waals surface area contributed by atoms with Crippen LogP contribution in [0.15, 0.2) is 12.1 Å². The molecule has 0 saturated carbocycles. The van der Waals surface area contributed by atoms with E-state index in [0.717, 1.165) is 5.56 Å². The van der Waals surface area contributed by atoms with Crippen molar-refractivity contribution in [1.29, 1.82) is 0 Å². The van der Waals surface area contributed by atoms with Crippen LogP contribution in [0.2, 0.25) is 0 Å². The molecule has 0 bridgehead atoms. The molecule has 0 aromatic heterocycles. The molecule has 0 amide bonds. The maximum absolute atomic E-state index is 11.6. The molecule has 0 aliphatic heterocycles. The molecule has 0 aliphatic carbocycles. The van der Waals surface area contributed by atoms with Crippen LogP contribution in [0.4, 0.5) is 0 Å². The van der Waals surface area contributed by atoms with Crippen molar-refractivity contribution in [2.75, 3.05) is 13.0 Å². The number of carbonyl (C=O) groups is 2. The molecule has 80 valence electrons. The molecule has 0 N–H and O–H groups in total. The van der Waals surface area contributed by atoms with Gasteiger partial charge in [-0.3, -0.25) is 9.59 Å². The first-order valence-electron chi connectivity index (χ1n) is 4.37. The van der Waals surface area contributed by atoms with E-state index in [4.69, 9.17) is 16.3 Å². The second kappa shape index (κ2) is 4.94. The zero-order valence-corrected chi connectivity index (χ0v) is 9.30. The van der Waals surface area contributed by atoms with E-state index in [9.17, 15) is 9.59 Å². The number of aryl methyl sites for hydroxylation is 1. The Bertz CT molecular complexity index is 399. The topological polar surface area (TPSA) is 43.4 Å². The number of ketones is 1. The second-order valence-electron chi connectivity index (χ2n) is 3.05. The molecule has 1 aromatic carbocycles. The molecular formula is C11H11ClO3. The van der Waals surface area contributed by atoms with Crippen LogP contribution in [-0.4, -0.2) is 25.1 Å². The number of carbonyl (C=O) groups excluding carboxylic acids is 2. The lowest BCUT2D eigenvalue weighted by atomic mass is 9.99. The van der Waals surface area contributed by atoms with Crippen molar-refractivity contribution >= 4 is 23.7 Å². The summed E-state index contributed by atoms with van der Waals surface area (Å²) in [5.74, 6) is -0.0895. The summed E-state index contributed by atoms with van der Waals surface area (Å²) in [6, 6.07) is 3.38. The number of rotatable bonds is 4. The predicted molar refractivity (Wildman–Crippen MR) is 58.2 cm³/mol. The van der Waals surface area contributed by atoms with Crippen molar-refractivity contribution in [3.63, 3.8) is 0 Å². The molecule has 0 saturated heterocycles. The van der Waals surface area contributed by atoms with E-state index in [1.54, 1.807) is 19.1 Å². The van der Waals surface area contributed by atoms with Crippen LogP contribution >= 0.6 is 11.6 Å². The Morgan fingerprint density at radius 3 is 2.67 bits per heavy atom. The first kappa shape index (κ1) is 11.7. The normalized spacial score (nSPS) is 9.80. The maximum Gasteiger partial charge on any atom is 0.182 e. The Morgan fingerprint density at radius 2 is 2.20 bits per heavy atom. The molecule has 0 unspecified atom stereocenters. The number of halogens is 1. The highest BCUT2D eigenvalue weighted by molar-refractivity contribution is 6.31. The summed E-state index contributed by atoms with van der Waals surface area (Å²) in [5, 5.41) is 0. The molecule has 0 aliphatic rings. The summed E-state index contributed by atoms with van der Waals surface area (Å²) in [4.78, 5) is 22.4. The van der Waals surface area contributed by atoms with Gasteiger partial charge < -0.3 is 4.74 Å². The molecule has 1 rings (SSSR count). The zero-order chi connectivity index (χ0) is 11.4. The van der Waals surface area contributed by atoms with Crippen LogP contribution in [0.3, 0.4) is 0 Å². The Hall–Kier alpha value is -1.35. The van der Waals surface area contributed by atoms with Gasteiger partial charge in [-0.15, -0.1) is 11.6 Å². The predicted octanol–water partition coefficient (Wildman–Crippen LogP) is 2.24. The van der Waals surface area contributed by atoms with Crippen molar-refractivity contribution < 1.29 is 14.3 Å². The summed E-state index contributed by atoms with van der Waals surface area (Å²) in [5.41, 5.74) is 1.35. The van der Waals surface area contributed by atoms with Gasteiger partial charge in [0.05, 0.1) is 18.6 Å². The minimum atomic E-state index is -0.306. The standard InChI is InChI=1S/C11H11ClO3/c1-7-3-4-10(15-2)11(8(7)6-13)9(14)5-12/h3-4,6H,5H2,1-2H3. The van der Waals surface area contributed by atoms with Gasteiger partial charge in [-0.2, -0.15) is 0 Å². The Labute approximate surface area is 93.0 Å². The van der Waals surface area contributed by atoms with E-state index in [1.165, 1.54) is 7.11 Å². The summed E-state index contributed by atoms with van der Waals surface area (Å²) in [6.45, 7) is 1.76. The van der Waals surface area contributed by atoms with E-state index in [1.807, 2.05) is 0 Å². The lowest BCUT2D eigenvalue weighted by molar-refractivity contribution is 0.100. The van der Waals surface area contributed by atoms with Crippen LogP contribution in [0, 0.1) is 6.92 Å². The molecule has 4 heteroatoms. The monoisotopic (exact) mass is 226 g/mol. The number of aldehydes is 1. The van der Waals surface area contributed by atoms with Crippen molar-refractivity contribution in [3.05, 3.63) is 28.8 Å². The van der Waals surface area contributed by atoms with Crippen molar-refractivity contribution in [1.82, 2.24) is 0 Å². The van der Waals surface area contributed by atoms with E-state index in [-0.39, 0.29) is 17.2 Å². The van der Waals surface area contributed by atoms with Gasteiger partial charge in [-0.05, 0) is 18.6 Å². The average molecular weight is 227 g/mol. The lowest BCUT2D eigenvalue weighted by Gasteiger charge is -2.10. The minimum Gasteiger partial charge on any atom is -0.496 e. The lowest BCUT2D eigenvalue weighted by Crippen LogP contribution is -2.08. The van der Waals surface area contributed by atoms with Gasteiger partial charge in [-0.1, -0.05) is 6.07 Å². The summed E-state index contributed by atoms with van der Waals surface area (Å²) >= 11 is 5.48. The zero-order valence-electron chi connectivity index (χ0n) is 8.54. The molecule has 0 radical (unpaired) electrons. The van der Waals surface area contributed by atoms with Gasteiger partial charge in [0.25, 0.3) is 0 Å². The highest BCUT2D eigenvalue weighted by Gasteiger charge is 2.17. The van der Waals surface area contributed by atoms with Gasteiger partial charge in [0, 0.05) is 5.56 Å². The van der Waals surface area contributed by atoms with E-state index in [0.29, 0.717) is 17.6 Å². The quantitative estimate of drug-likeness (QED) is 0.449. The smallest absolute Gasteiger partial charge is 0.182 e. The van der Waals surface area contributed by atoms with E-state index in [2.05, 4.69) is 0 Å². The van der Waals surface area contributed by atoms with Crippen LogP contribution in [0.25, 0.3) is 0 Å². The van der Waals surface area contributed by atoms with Gasteiger partial charge in [0.2, 0.25) is 0 Å². The third-order valence-electron chi connectivity index (χ3n) is 2.16. The first-order valence-corrected chi connectivity index (χ1v) is 4.91. The number of ether oxygens (including phenoxy) is 1. The van der Waals surface area contributed by atoms with Crippen LogP contribution in [0.5, 0.6) is 5.75 Å². The molecule has 15 heavy (non-hydrogen) atoms. The van der Waals surface area contributed by atoms with Gasteiger partial charge in [-0.25, -0.2) is 0 Å². The van der Waals surface area contributed by atoms with Gasteiger partial charge >= 0.3 is 0 Å². The van der Waals surface area contributed by atoms with Crippen LogP contribution < -0.4 is 4.74 Å². The molecule has 3 nitrogen and oxygen atoms in total. The highest BCUT2D eigenvalue weighted by atomic mass is 35.5. The average Bonchev–Trinajstić information content (AvgIpc) is 2.27. The van der Waals surface area contributed by atoms with E-state index < -0.39 is 0 Å². The number of hydrogen-bond donors (Lipinski definition) is 0. The third-order valence-corrected chi connectivity index (χ3v) is 2.41. The Kier molecular flexibility index (Phi) is 3.86. The highest BCUT2D eigenvalue weighted by Crippen LogP contribution is 2.24. The van der Waals surface area contributed by atoms with Crippen molar-refractivity contribution in [3.8, 4) is 5.75 Å². The number of methoxy groups -OCH3 is 1. The van der Waals surface area contributed by atoms with Crippen LogP contribution in [0.1, 0.15) is 26.3 Å². The molecule has 0 heterocycles. The fourth-order valence-electron chi connectivity index (χ4n) is 1.38. The minimum absolute atomic E-state index is 0.166. The Balaban J connectivity index is 3.47. The number of benzene rings is 1. The summed E-state index contributed by atoms with van der Waals surface area (Å²) in [6.07, 6.45) is 0.650. The molecule has 1 aromatic rings. The van der Waals surface area contributed by atoms with Crippen molar-refractivity contribution in [2.45, 2.75) is 6.92 Å². The number of alkyl halides is 1. The fraction of sp³-hybridized carbons (Fsp3) is 0.273. The summed E-state index contributed by atoms with van der Waals surface area (Å²) in [7, 11) is 1.45. The summed E-state index contributed by atoms with van der Waals surface area (Å²) < 4.78 is 5.03. The molecule has 0 atom stereocenters. The fourth-order valence-corrected chi connectivity index (χ4v) is 1.51. The molecule has 0 fully saturated rings. The van der Waals surface area contributed by atoms with Gasteiger partial charge in [0.1, 0.15) is 5.75 Å². The maximum atomic E-state index is 11.6. The number of Topliss-reactive ketones (excluding diaryl/α,β-unsaturated/α-hetero) is 1. The number of hydrogen-bond acceptors (Lipinski definition) is 3. The largest absolute Gasteiger partial charge is 0.496 e.